The molecule has 23 heavy (non-hydrogen) atoms. The van der Waals surface area contributed by atoms with Crippen LogP contribution in [-0.2, 0) is 11.3 Å². The molecule has 0 saturated heterocycles. The number of rotatable bonds is 5. The number of carbonyl (C=O) groups excluding carboxylic acids is 1. The summed E-state index contributed by atoms with van der Waals surface area (Å²) in [5, 5.41) is 2.78. The molecule has 0 aliphatic heterocycles. The van der Waals surface area contributed by atoms with E-state index < -0.39 is 0 Å². The van der Waals surface area contributed by atoms with Gasteiger partial charge in [-0.1, -0.05) is 12.1 Å². The van der Waals surface area contributed by atoms with Crippen molar-refractivity contribution in [1.29, 1.82) is 0 Å². The summed E-state index contributed by atoms with van der Waals surface area (Å²) in [5.74, 6) is 0.326. The van der Waals surface area contributed by atoms with Crippen molar-refractivity contribution in [2.45, 2.75) is 20.4 Å². The third-order valence-electron chi connectivity index (χ3n) is 3.58. The lowest BCUT2D eigenvalue weighted by atomic mass is 10.0. The number of carbonyl (C=O) groups is 1. The van der Waals surface area contributed by atoms with Crippen LogP contribution in [0.3, 0.4) is 0 Å². The lowest BCUT2D eigenvalue weighted by Gasteiger charge is -2.09. The van der Waals surface area contributed by atoms with Crippen LogP contribution in [0.25, 0.3) is 6.08 Å². The van der Waals surface area contributed by atoms with Gasteiger partial charge in [0.2, 0.25) is 5.91 Å². The summed E-state index contributed by atoms with van der Waals surface area (Å²) in [6.45, 7) is 4.32. The zero-order valence-corrected chi connectivity index (χ0v) is 13.5. The second-order valence-electron chi connectivity index (χ2n) is 5.35. The Hall–Kier alpha value is -2.62. The molecular weight excluding hydrogens is 293 g/mol. The molecule has 0 aliphatic rings. The number of ether oxygens (including phenoxy) is 1. The highest BCUT2D eigenvalue weighted by Gasteiger charge is 2.04. The first-order valence-corrected chi connectivity index (χ1v) is 7.35. The van der Waals surface area contributed by atoms with E-state index in [0.29, 0.717) is 6.54 Å². The number of amides is 1. The number of methoxy groups -OCH3 is 1. The number of aryl methyl sites for hydroxylation is 2. The van der Waals surface area contributed by atoms with Crippen molar-refractivity contribution in [3.63, 3.8) is 0 Å². The molecule has 2 aromatic rings. The van der Waals surface area contributed by atoms with Crippen LogP contribution in [0.5, 0.6) is 5.75 Å². The molecule has 120 valence electrons. The van der Waals surface area contributed by atoms with Crippen LogP contribution in [0.15, 0.2) is 42.5 Å². The summed E-state index contributed by atoms with van der Waals surface area (Å²) in [6.07, 6.45) is 3.30. The van der Waals surface area contributed by atoms with Crippen LogP contribution in [0.2, 0.25) is 0 Å². The van der Waals surface area contributed by atoms with Crippen molar-refractivity contribution in [2.24, 2.45) is 0 Å². The molecule has 2 aromatic carbocycles. The van der Waals surface area contributed by atoms with Crippen LogP contribution in [-0.4, -0.2) is 13.0 Å². The van der Waals surface area contributed by atoms with Crippen LogP contribution in [0.1, 0.15) is 22.3 Å². The minimum absolute atomic E-state index is 0.191. The molecule has 0 aliphatic carbocycles. The van der Waals surface area contributed by atoms with Crippen LogP contribution < -0.4 is 10.1 Å². The number of hydrogen-bond acceptors (Lipinski definition) is 2. The second kappa shape index (κ2) is 7.58. The molecular formula is C19H20FNO2. The predicted octanol–water partition coefficient (Wildman–Crippen LogP) is 3.78. The molecule has 0 bridgehead atoms. The van der Waals surface area contributed by atoms with Gasteiger partial charge < -0.3 is 10.1 Å². The molecule has 2 rings (SSSR count). The third kappa shape index (κ3) is 4.68. The Morgan fingerprint density at radius 2 is 1.78 bits per heavy atom. The van der Waals surface area contributed by atoms with E-state index in [1.807, 2.05) is 26.0 Å². The van der Waals surface area contributed by atoms with Gasteiger partial charge >= 0.3 is 0 Å². The maximum absolute atomic E-state index is 12.8. The van der Waals surface area contributed by atoms with Gasteiger partial charge in [-0.15, -0.1) is 0 Å². The Bertz CT molecular complexity index is 698. The van der Waals surface area contributed by atoms with E-state index in [4.69, 9.17) is 4.74 Å². The average molecular weight is 313 g/mol. The van der Waals surface area contributed by atoms with E-state index in [1.165, 1.54) is 18.2 Å². The second-order valence-corrected chi connectivity index (χ2v) is 5.35. The Morgan fingerprint density at radius 1 is 1.17 bits per heavy atom. The minimum Gasteiger partial charge on any atom is -0.497 e. The summed E-state index contributed by atoms with van der Waals surface area (Å²) in [6, 6.07) is 9.92. The molecule has 0 radical (unpaired) electrons. The fourth-order valence-electron chi connectivity index (χ4n) is 2.33. The smallest absolute Gasteiger partial charge is 0.244 e. The molecule has 4 heteroatoms. The normalized spacial score (nSPS) is 10.8. The Morgan fingerprint density at radius 3 is 2.35 bits per heavy atom. The summed E-state index contributed by atoms with van der Waals surface area (Å²) in [5.41, 5.74) is 3.95. The molecule has 0 atom stereocenters. The van der Waals surface area contributed by atoms with Crippen molar-refractivity contribution in [1.82, 2.24) is 5.32 Å². The van der Waals surface area contributed by atoms with Gasteiger partial charge in [0.15, 0.2) is 0 Å². The van der Waals surface area contributed by atoms with Crippen LogP contribution >= 0.6 is 0 Å². The third-order valence-corrected chi connectivity index (χ3v) is 3.58. The number of nitrogens with one attached hydrogen (secondary N) is 1. The largest absolute Gasteiger partial charge is 0.497 e. The maximum atomic E-state index is 12.8. The molecule has 0 aromatic heterocycles. The molecule has 0 saturated carbocycles. The summed E-state index contributed by atoms with van der Waals surface area (Å²) >= 11 is 0. The van der Waals surface area contributed by atoms with E-state index in [9.17, 15) is 9.18 Å². The van der Waals surface area contributed by atoms with Crippen molar-refractivity contribution in [3.8, 4) is 5.75 Å². The van der Waals surface area contributed by atoms with Crippen molar-refractivity contribution in [2.75, 3.05) is 7.11 Å². The van der Waals surface area contributed by atoms with Crippen molar-refractivity contribution < 1.29 is 13.9 Å². The van der Waals surface area contributed by atoms with E-state index in [0.717, 1.165) is 28.0 Å². The molecule has 0 unspecified atom stereocenters. The van der Waals surface area contributed by atoms with Gasteiger partial charge in [-0.25, -0.2) is 4.39 Å². The number of halogens is 1. The van der Waals surface area contributed by atoms with Crippen molar-refractivity contribution >= 4 is 12.0 Å². The first-order chi connectivity index (χ1) is 11.0. The van der Waals surface area contributed by atoms with E-state index in [1.54, 1.807) is 25.3 Å². The van der Waals surface area contributed by atoms with Gasteiger partial charge in [-0.05, 0) is 66.4 Å². The topological polar surface area (TPSA) is 38.3 Å². The highest BCUT2D eigenvalue weighted by Crippen LogP contribution is 2.22. The zero-order chi connectivity index (χ0) is 16.8. The summed E-state index contributed by atoms with van der Waals surface area (Å²) < 4.78 is 18.0. The monoisotopic (exact) mass is 313 g/mol. The van der Waals surface area contributed by atoms with Gasteiger partial charge in [0.05, 0.1) is 7.11 Å². The molecule has 3 nitrogen and oxygen atoms in total. The maximum Gasteiger partial charge on any atom is 0.244 e. The fourth-order valence-corrected chi connectivity index (χ4v) is 2.33. The highest BCUT2D eigenvalue weighted by atomic mass is 19.1. The first-order valence-electron chi connectivity index (χ1n) is 7.35. The quantitative estimate of drug-likeness (QED) is 0.853. The van der Waals surface area contributed by atoms with Gasteiger partial charge in [0, 0.05) is 12.6 Å². The van der Waals surface area contributed by atoms with Gasteiger partial charge in [-0.3, -0.25) is 4.79 Å². The number of benzene rings is 2. The standard InChI is InChI=1S/C19H20FNO2/c1-13-10-17(23-3)11-14(2)18(13)8-9-19(22)21-12-15-4-6-16(20)7-5-15/h4-11H,12H2,1-3H3,(H,21,22)/b9-8+. The van der Waals surface area contributed by atoms with Gasteiger partial charge in [-0.2, -0.15) is 0 Å². The van der Waals surface area contributed by atoms with Gasteiger partial charge in [0.25, 0.3) is 0 Å². The van der Waals surface area contributed by atoms with E-state index in [2.05, 4.69) is 5.32 Å². The van der Waals surface area contributed by atoms with Crippen LogP contribution in [0.4, 0.5) is 4.39 Å². The summed E-state index contributed by atoms with van der Waals surface area (Å²) in [4.78, 5) is 11.9. The lowest BCUT2D eigenvalue weighted by molar-refractivity contribution is -0.116. The van der Waals surface area contributed by atoms with E-state index >= 15 is 0 Å². The Labute approximate surface area is 135 Å². The van der Waals surface area contributed by atoms with Crippen LogP contribution in [0, 0.1) is 19.7 Å². The van der Waals surface area contributed by atoms with Crippen molar-refractivity contribution in [3.05, 3.63) is 70.5 Å². The van der Waals surface area contributed by atoms with Gasteiger partial charge in [0.1, 0.15) is 11.6 Å². The Kier molecular flexibility index (Phi) is 5.52. The number of hydrogen-bond donors (Lipinski definition) is 1. The summed E-state index contributed by atoms with van der Waals surface area (Å²) in [7, 11) is 1.63. The molecule has 0 heterocycles. The Balaban J connectivity index is 1.99. The minimum atomic E-state index is -0.287. The molecule has 0 spiro atoms. The molecule has 1 amide bonds. The average Bonchev–Trinajstić information content (AvgIpc) is 2.53. The predicted molar refractivity (Wildman–Crippen MR) is 89.7 cm³/mol. The molecule has 0 fully saturated rings. The zero-order valence-electron chi connectivity index (χ0n) is 13.5. The fraction of sp³-hybridized carbons (Fsp3) is 0.211. The highest BCUT2D eigenvalue weighted by molar-refractivity contribution is 5.92. The van der Waals surface area contributed by atoms with E-state index in [-0.39, 0.29) is 11.7 Å². The molecule has 1 N–H and O–H groups in total. The SMILES string of the molecule is COc1cc(C)c(/C=C/C(=O)NCc2ccc(F)cc2)c(C)c1. The lowest BCUT2D eigenvalue weighted by Crippen LogP contribution is -2.20. The first kappa shape index (κ1) is 16.7.